The van der Waals surface area contributed by atoms with E-state index in [1.165, 1.54) is 0 Å². The quantitative estimate of drug-likeness (QED) is 0.766. The van der Waals surface area contributed by atoms with Crippen molar-refractivity contribution in [3.05, 3.63) is 23.5 Å². The van der Waals surface area contributed by atoms with E-state index in [2.05, 4.69) is 17.2 Å². The Labute approximate surface area is 99.6 Å². The zero-order valence-electron chi connectivity index (χ0n) is 9.27. The number of likely N-dealkylation sites (tertiary alicyclic amines) is 1. The molecule has 1 aliphatic rings. The van der Waals surface area contributed by atoms with Gasteiger partial charge in [0.25, 0.3) is 0 Å². The molecule has 1 aromatic rings. The van der Waals surface area contributed by atoms with Crippen LogP contribution in [0.4, 0.5) is 10.5 Å². The molecular weight excluding hydrogens is 226 g/mol. The molecule has 0 saturated carbocycles. The average molecular weight is 240 g/mol. The van der Waals surface area contributed by atoms with Crippen LogP contribution >= 0.6 is 11.6 Å². The van der Waals surface area contributed by atoms with Crippen molar-refractivity contribution in [2.45, 2.75) is 19.9 Å². The second-order valence-electron chi connectivity index (χ2n) is 4.17. The first-order chi connectivity index (χ1) is 7.58. The van der Waals surface area contributed by atoms with Crippen LogP contribution in [0.1, 0.15) is 13.8 Å². The van der Waals surface area contributed by atoms with Crippen LogP contribution in [0.2, 0.25) is 5.15 Å². The van der Waals surface area contributed by atoms with E-state index in [0.29, 0.717) is 22.8 Å². The van der Waals surface area contributed by atoms with E-state index in [4.69, 9.17) is 11.6 Å². The van der Waals surface area contributed by atoms with Crippen LogP contribution in [0.25, 0.3) is 0 Å². The Bertz CT molecular complexity index is 393. The number of hydrogen-bond donors (Lipinski definition) is 1. The smallest absolute Gasteiger partial charge is 0.321 e. The molecule has 2 unspecified atom stereocenters. The molecule has 1 saturated heterocycles. The van der Waals surface area contributed by atoms with Crippen molar-refractivity contribution in [1.29, 1.82) is 0 Å². The topological polar surface area (TPSA) is 45.2 Å². The lowest BCUT2D eigenvalue weighted by Crippen LogP contribution is -2.57. The number of halogens is 1. The summed E-state index contributed by atoms with van der Waals surface area (Å²) >= 11 is 5.66. The highest BCUT2D eigenvalue weighted by Gasteiger charge is 2.35. The number of carbonyl (C=O) groups excluding carboxylic acids is 1. The maximum atomic E-state index is 11.8. The second kappa shape index (κ2) is 4.29. The fraction of sp³-hybridized carbons (Fsp3) is 0.455. The van der Waals surface area contributed by atoms with Gasteiger partial charge in [0, 0.05) is 12.6 Å². The monoisotopic (exact) mass is 239 g/mol. The molecule has 0 aliphatic carbocycles. The summed E-state index contributed by atoms with van der Waals surface area (Å²) in [5.74, 6) is 0.578. The van der Waals surface area contributed by atoms with Crippen LogP contribution in [0.15, 0.2) is 18.3 Å². The minimum atomic E-state index is -0.0743. The molecule has 5 heteroatoms. The van der Waals surface area contributed by atoms with Crippen LogP contribution in [0.3, 0.4) is 0 Å². The molecule has 4 nitrogen and oxygen atoms in total. The van der Waals surface area contributed by atoms with E-state index in [0.717, 1.165) is 6.54 Å². The molecule has 0 radical (unpaired) electrons. The number of aromatic nitrogens is 1. The van der Waals surface area contributed by atoms with Gasteiger partial charge in [-0.1, -0.05) is 18.5 Å². The molecule has 0 aromatic carbocycles. The highest BCUT2D eigenvalue weighted by molar-refractivity contribution is 6.29. The first-order valence-electron chi connectivity index (χ1n) is 5.27. The molecule has 1 aromatic heterocycles. The molecule has 1 aliphatic heterocycles. The Morgan fingerprint density at radius 2 is 2.31 bits per heavy atom. The van der Waals surface area contributed by atoms with E-state index in [-0.39, 0.29) is 6.03 Å². The van der Waals surface area contributed by atoms with Crippen LogP contribution in [0, 0.1) is 5.92 Å². The molecule has 2 amide bonds. The molecule has 0 bridgehead atoms. The summed E-state index contributed by atoms with van der Waals surface area (Å²) in [7, 11) is 0. The Hall–Kier alpha value is -1.29. The van der Waals surface area contributed by atoms with Crippen molar-refractivity contribution >= 4 is 23.3 Å². The van der Waals surface area contributed by atoms with Crippen molar-refractivity contribution in [3.63, 3.8) is 0 Å². The molecule has 0 spiro atoms. The summed E-state index contributed by atoms with van der Waals surface area (Å²) in [4.78, 5) is 17.5. The predicted molar refractivity (Wildman–Crippen MR) is 63.6 cm³/mol. The summed E-state index contributed by atoms with van der Waals surface area (Å²) in [6.07, 6.45) is 1.55. The lowest BCUT2D eigenvalue weighted by molar-refractivity contribution is 0.0798. The van der Waals surface area contributed by atoms with E-state index in [1.807, 2.05) is 6.92 Å². The maximum Gasteiger partial charge on any atom is 0.322 e. The molecule has 2 rings (SSSR count). The fourth-order valence-electron chi connectivity index (χ4n) is 1.71. The number of anilines is 1. The number of nitrogens with zero attached hydrogens (tertiary/aromatic N) is 2. The van der Waals surface area contributed by atoms with Crippen molar-refractivity contribution < 1.29 is 4.79 Å². The van der Waals surface area contributed by atoms with Gasteiger partial charge in [-0.15, -0.1) is 0 Å². The molecule has 86 valence electrons. The molecule has 1 N–H and O–H groups in total. The standard InChI is InChI=1S/C11H14ClN3O/c1-7-6-15(8(7)2)11(16)14-9-3-4-10(12)13-5-9/h3-5,7-8H,6H2,1-2H3,(H,14,16). The molecular formula is C11H14ClN3O. The van der Waals surface area contributed by atoms with Gasteiger partial charge in [0.15, 0.2) is 0 Å². The number of pyridine rings is 1. The maximum absolute atomic E-state index is 11.8. The molecule has 16 heavy (non-hydrogen) atoms. The number of urea groups is 1. The minimum absolute atomic E-state index is 0.0743. The van der Waals surface area contributed by atoms with Gasteiger partial charge in [0.1, 0.15) is 5.15 Å². The zero-order valence-corrected chi connectivity index (χ0v) is 10.0. The van der Waals surface area contributed by atoms with Crippen molar-refractivity contribution in [2.75, 3.05) is 11.9 Å². The summed E-state index contributed by atoms with van der Waals surface area (Å²) in [6, 6.07) is 3.62. The Morgan fingerprint density at radius 3 is 2.81 bits per heavy atom. The number of rotatable bonds is 1. The fourth-order valence-corrected chi connectivity index (χ4v) is 1.82. The lowest BCUT2D eigenvalue weighted by atomic mass is 9.93. The largest absolute Gasteiger partial charge is 0.322 e. The van der Waals surface area contributed by atoms with Gasteiger partial charge in [0.2, 0.25) is 0 Å². The molecule has 1 fully saturated rings. The van der Waals surface area contributed by atoms with Gasteiger partial charge in [-0.05, 0) is 25.0 Å². The van der Waals surface area contributed by atoms with E-state index in [9.17, 15) is 4.79 Å². The van der Waals surface area contributed by atoms with E-state index < -0.39 is 0 Å². The summed E-state index contributed by atoms with van der Waals surface area (Å²) < 4.78 is 0. The van der Waals surface area contributed by atoms with Crippen LogP contribution in [-0.4, -0.2) is 28.5 Å². The number of nitrogens with one attached hydrogen (secondary N) is 1. The van der Waals surface area contributed by atoms with Crippen molar-refractivity contribution in [1.82, 2.24) is 9.88 Å². The third-order valence-corrected chi connectivity index (χ3v) is 3.26. The molecule has 2 heterocycles. The van der Waals surface area contributed by atoms with Crippen LogP contribution < -0.4 is 5.32 Å². The third kappa shape index (κ3) is 2.11. The lowest BCUT2D eigenvalue weighted by Gasteiger charge is -2.44. The van der Waals surface area contributed by atoms with Crippen molar-refractivity contribution in [3.8, 4) is 0 Å². The van der Waals surface area contributed by atoms with E-state index >= 15 is 0 Å². The second-order valence-corrected chi connectivity index (χ2v) is 4.56. The molecule has 2 atom stereocenters. The number of amides is 2. The van der Waals surface area contributed by atoms with Gasteiger partial charge >= 0.3 is 6.03 Å². The Kier molecular flexibility index (Phi) is 3.01. The van der Waals surface area contributed by atoms with Crippen LogP contribution in [-0.2, 0) is 0 Å². The van der Waals surface area contributed by atoms with Gasteiger partial charge in [-0.25, -0.2) is 9.78 Å². The van der Waals surface area contributed by atoms with E-state index in [1.54, 1.807) is 23.2 Å². The van der Waals surface area contributed by atoms with Gasteiger partial charge in [-0.3, -0.25) is 0 Å². The van der Waals surface area contributed by atoms with Gasteiger partial charge in [-0.2, -0.15) is 0 Å². The number of hydrogen-bond acceptors (Lipinski definition) is 2. The zero-order chi connectivity index (χ0) is 11.7. The van der Waals surface area contributed by atoms with Gasteiger partial charge in [0.05, 0.1) is 11.9 Å². The summed E-state index contributed by atoms with van der Waals surface area (Å²) in [5.41, 5.74) is 0.668. The first kappa shape index (κ1) is 11.2. The first-order valence-corrected chi connectivity index (χ1v) is 5.65. The van der Waals surface area contributed by atoms with Crippen LogP contribution in [0.5, 0.6) is 0 Å². The third-order valence-electron chi connectivity index (χ3n) is 3.04. The minimum Gasteiger partial charge on any atom is -0.321 e. The highest BCUT2D eigenvalue weighted by atomic mass is 35.5. The summed E-state index contributed by atoms with van der Waals surface area (Å²) in [5, 5.41) is 3.21. The van der Waals surface area contributed by atoms with Crippen molar-refractivity contribution in [2.24, 2.45) is 5.92 Å². The van der Waals surface area contributed by atoms with Gasteiger partial charge < -0.3 is 10.2 Å². The normalized spacial score (nSPS) is 23.8. The average Bonchev–Trinajstić information content (AvgIpc) is 2.28. The Morgan fingerprint density at radius 1 is 1.56 bits per heavy atom. The SMILES string of the molecule is CC1CN(C(=O)Nc2ccc(Cl)nc2)C1C. The Balaban J connectivity index is 1.95. The summed E-state index contributed by atoms with van der Waals surface area (Å²) in [6.45, 7) is 5.00. The predicted octanol–water partition coefficient (Wildman–Crippen LogP) is 2.61. The highest BCUT2D eigenvalue weighted by Crippen LogP contribution is 2.24. The number of carbonyl (C=O) groups is 1.